The van der Waals surface area contributed by atoms with Crippen LogP contribution >= 0.6 is 23.2 Å². The van der Waals surface area contributed by atoms with Gasteiger partial charge in [-0.05, 0) is 41.8 Å². The summed E-state index contributed by atoms with van der Waals surface area (Å²) >= 11 is 9.13. The van der Waals surface area contributed by atoms with Gasteiger partial charge in [0.15, 0.2) is 0 Å². The van der Waals surface area contributed by atoms with Crippen LogP contribution in [0.15, 0.2) is 42.5 Å². The highest BCUT2D eigenvalue weighted by Gasteiger charge is 2.22. The van der Waals surface area contributed by atoms with Crippen LogP contribution in [0.4, 0.5) is 4.39 Å². The highest BCUT2D eigenvalue weighted by Crippen LogP contribution is 2.30. The molecule has 0 aliphatic carbocycles. The largest absolute Gasteiger partial charge is 0.760 e. The van der Waals surface area contributed by atoms with Gasteiger partial charge in [0, 0.05) is 29.7 Å². The van der Waals surface area contributed by atoms with E-state index in [9.17, 15) is 17.9 Å². The fourth-order valence-electron chi connectivity index (χ4n) is 2.61. The van der Waals surface area contributed by atoms with E-state index in [1.54, 1.807) is 24.3 Å². The summed E-state index contributed by atoms with van der Waals surface area (Å²) in [7, 11) is 1.28. The highest BCUT2D eigenvalue weighted by molar-refractivity contribution is 7.76. The summed E-state index contributed by atoms with van der Waals surface area (Å²) in [5, 5.41) is -0.0915. The second-order valence-electron chi connectivity index (χ2n) is 5.65. The molecule has 0 fully saturated rings. The number of nitrogens with zero attached hydrogens (tertiary/aromatic N) is 1. The van der Waals surface area contributed by atoms with Gasteiger partial charge in [0.25, 0.3) is 0 Å². The van der Waals surface area contributed by atoms with Crippen LogP contribution in [0.25, 0.3) is 0 Å². The van der Waals surface area contributed by atoms with Crippen molar-refractivity contribution in [2.24, 2.45) is 0 Å². The molecule has 0 aromatic heterocycles. The molecule has 2 aromatic carbocycles. The third-order valence-electron chi connectivity index (χ3n) is 3.96. The summed E-state index contributed by atoms with van der Waals surface area (Å²) in [6.45, 7) is 0.0497. The van der Waals surface area contributed by atoms with Crippen molar-refractivity contribution in [1.29, 1.82) is 0 Å². The van der Waals surface area contributed by atoms with Gasteiger partial charge in [-0.2, -0.15) is 0 Å². The second-order valence-corrected chi connectivity index (χ2v) is 7.34. The molecule has 0 saturated heterocycles. The van der Waals surface area contributed by atoms with Crippen molar-refractivity contribution in [3.8, 4) is 0 Å². The molecule has 0 heterocycles. The Hall–Kier alpha value is -1.51. The zero-order valence-electron chi connectivity index (χ0n) is 14.4. The molecule has 2 rings (SSSR count). The van der Waals surface area contributed by atoms with Crippen LogP contribution in [0.1, 0.15) is 33.9 Å². The summed E-state index contributed by atoms with van der Waals surface area (Å²) in [6, 6.07) is 9.85. The van der Waals surface area contributed by atoms with Crippen LogP contribution in [-0.2, 0) is 22.5 Å². The van der Waals surface area contributed by atoms with E-state index in [0.717, 1.165) is 0 Å². The molecule has 2 unspecified atom stereocenters. The summed E-state index contributed by atoms with van der Waals surface area (Å²) < 4.78 is 43.0. The zero-order valence-corrected chi connectivity index (χ0v) is 16.7. The standard InChI is InChI=1S/C18H18Cl2FNO4S/c1-26-18(23)13-4-2-12(3-5-13)11-22(27(24)25)17(8-9-19)14-6-7-16(21)15(20)10-14/h2-7,10,17H,8-9,11H2,1H3,(H,24,25)/p-1. The average Bonchev–Trinajstić information content (AvgIpc) is 2.66. The Bertz CT molecular complexity index is 820. The topological polar surface area (TPSA) is 69.7 Å². The quantitative estimate of drug-likeness (QED) is 0.355. The Morgan fingerprint density at radius 3 is 2.48 bits per heavy atom. The maximum absolute atomic E-state index is 13.5. The van der Waals surface area contributed by atoms with Crippen LogP contribution in [0.3, 0.4) is 0 Å². The number of hydrogen-bond donors (Lipinski definition) is 0. The molecule has 2 atom stereocenters. The molecule has 0 aliphatic rings. The minimum absolute atomic E-state index is 0.0497. The van der Waals surface area contributed by atoms with Crippen LogP contribution in [0, 0.1) is 5.82 Å². The lowest BCUT2D eigenvalue weighted by molar-refractivity contribution is 0.0600. The van der Waals surface area contributed by atoms with E-state index in [-0.39, 0.29) is 17.4 Å². The van der Waals surface area contributed by atoms with E-state index < -0.39 is 29.1 Å². The number of alkyl halides is 1. The first-order chi connectivity index (χ1) is 12.9. The number of hydrogen-bond acceptors (Lipinski definition) is 4. The van der Waals surface area contributed by atoms with Crippen molar-refractivity contribution in [3.63, 3.8) is 0 Å². The summed E-state index contributed by atoms with van der Waals surface area (Å²) in [6.07, 6.45) is 0.317. The van der Waals surface area contributed by atoms with E-state index in [4.69, 9.17) is 23.2 Å². The van der Waals surface area contributed by atoms with Crippen LogP contribution in [0.5, 0.6) is 0 Å². The molecule has 0 radical (unpaired) electrons. The predicted octanol–water partition coefficient (Wildman–Crippen LogP) is 4.23. The maximum Gasteiger partial charge on any atom is 0.337 e. The van der Waals surface area contributed by atoms with Gasteiger partial charge in [-0.1, -0.05) is 29.8 Å². The van der Waals surface area contributed by atoms with E-state index in [2.05, 4.69) is 4.74 Å². The minimum atomic E-state index is -2.57. The van der Waals surface area contributed by atoms with Gasteiger partial charge in [0.05, 0.1) is 17.7 Å². The first-order valence-corrected chi connectivity index (χ1v) is 9.86. The molecule has 0 N–H and O–H groups in total. The van der Waals surface area contributed by atoms with Crippen molar-refractivity contribution < 1.29 is 22.7 Å². The number of carbonyl (C=O) groups excluding carboxylic acids is 1. The van der Waals surface area contributed by atoms with Gasteiger partial charge >= 0.3 is 5.97 Å². The van der Waals surface area contributed by atoms with E-state index in [0.29, 0.717) is 23.1 Å². The van der Waals surface area contributed by atoms with Crippen LogP contribution < -0.4 is 0 Å². The minimum Gasteiger partial charge on any atom is -0.760 e. The SMILES string of the molecule is COC(=O)c1ccc(CN(C(CCCl)c2ccc(F)c(Cl)c2)S(=O)[O-])cc1. The lowest BCUT2D eigenvalue weighted by Crippen LogP contribution is -2.30. The highest BCUT2D eigenvalue weighted by atomic mass is 35.5. The number of halogens is 3. The Kier molecular flexibility index (Phi) is 8.19. The molecule has 0 amide bonds. The van der Waals surface area contributed by atoms with Gasteiger partial charge in [-0.3, -0.25) is 4.21 Å². The molecular weight excluding hydrogens is 416 g/mol. The lowest BCUT2D eigenvalue weighted by Gasteiger charge is -2.33. The molecule has 0 aliphatic heterocycles. The van der Waals surface area contributed by atoms with Gasteiger partial charge in [0.2, 0.25) is 0 Å². The first-order valence-electron chi connectivity index (χ1n) is 7.91. The van der Waals surface area contributed by atoms with Crippen molar-refractivity contribution >= 4 is 40.4 Å². The maximum atomic E-state index is 13.5. The molecule has 146 valence electrons. The van der Waals surface area contributed by atoms with Gasteiger partial charge in [0.1, 0.15) is 5.82 Å². The monoisotopic (exact) mass is 432 g/mol. The van der Waals surface area contributed by atoms with E-state index in [1.165, 1.54) is 29.6 Å². The number of esters is 1. The lowest BCUT2D eigenvalue weighted by atomic mass is 10.0. The Morgan fingerprint density at radius 1 is 1.30 bits per heavy atom. The Balaban J connectivity index is 2.30. The van der Waals surface area contributed by atoms with E-state index >= 15 is 0 Å². The molecule has 9 heteroatoms. The fourth-order valence-corrected chi connectivity index (χ4v) is 3.70. The number of methoxy groups -OCH3 is 1. The molecular formula is C18H17Cl2FNO4S-. The number of rotatable bonds is 8. The number of benzene rings is 2. The Morgan fingerprint density at radius 2 is 1.96 bits per heavy atom. The summed E-state index contributed by atoms with van der Waals surface area (Å²) in [5.41, 5.74) is 1.57. The van der Waals surface area contributed by atoms with Crippen molar-refractivity contribution in [2.45, 2.75) is 19.0 Å². The normalized spacial score (nSPS) is 13.4. The van der Waals surface area contributed by atoms with Crippen LogP contribution in [0.2, 0.25) is 5.02 Å². The van der Waals surface area contributed by atoms with Gasteiger partial charge in [-0.25, -0.2) is 13.5 Å². The first kappa shape index (κ1) is 21.8. The molecule has 0 spiro atoms. The predicted molar refractivity (Wildman–Crippen MR) is 102 cm³/mol. The van der Waals surface area contributed by atoms with Gasteiger partial charge in [-0.15, -0.1) is 11.6 Å². The van der Waals surface area contributed by atoms with Gasteiger partial charge < -0.3 is 9.29 Å². The zero-order chi connectivity index (χ0) is 20.0. The molecule has 0 bridgehead atoms. The fraction of sp³-hybridized carbons (Fsp3) is 0.278. The number of ether oxygens (including phenoxy) is 1. The second kappa shape index (κ2) is 10.1. The molecule has 5 nitrogen and oxygen atoms in total. The molecule has 2 aromatic rings. The van der Waals surface area contributed by atoms with Crippen molar-refractivity contribution in [1.82, 2.24) is 4.31 Å². The van der Waals surface area contributed by atoms with Crippen LogP contribution in [-0.4, -0.2) is 32.0 Å². The van der Waals surface area contributed by atoms with Crippen molar-refractivity contribution in [2.75, 3.05) is 13.0 Å². The third kappa shape index (κ3) is 5.73. The summed E-state index contributed by atoms with van der Waals surface area (Å²) in [4.78, 5) is 11.5. The molecule has 27 heavy (non-hydrogen) atoms. The summed E-state index contributed by atoms with van der Waals surface area (Å²) in [5.74, 6) is -0.862. The van der Waals surface area contributed by atoms with E-state index in [1.807, 2.05) is 0 Å². The van der Waals surface area contributed by atoms with Crippen molar-refractivity contribution in [3.05, 3.63) is 70.0 Å². The number of carbonyl (C=O) groups is 1. The smallest absolute Gasteiger partial charge is 0.337 e. The molecule has 0 saturated carbocycles. The average molecular weight is 433 g/mol. The third-order valence-corrected chi connectivity index (χ3v) is 5.24. The Labute approximate surface area is 169 Å².